The lowest BCUT2D eigenvalue weighted by atomic mass is 9.99. The molecule has 9 nitrogen and oxygen atoms in total. The summed E-state index contributed by atoms with van der Waals surface area (Å²) in [6.45, 7) is -1.51. The van der Waals surface area contributed by atoms with Gasteiger partial charge in [-0.3, -0.25) is 0 Å². The van der Waals surface area contributed by atoms with Gasteiger partial charge in [0.05, 0.1) is 13.2 Å². The van der Waals surface area contributed by atoms with E-state index in [4.69, 9.17) is 24.8 Å². The number of hydrogen-bond acceptors (Lipinski definition) is 8. The molecule has 0 aromatic rings. The van der Waals surface area contributed by atoms with Crippen LogP contribution in [0.5, 0.6) is 0 Å². The molecule has 0 aromatic carbocycles. The Morgan fingerprint density at radius 2 is 1.78 bits per heavy atom. The van der Waals surface area contributed by atoms with Crippen LogP contribution in [0.4, 0.5) is 0 Å². The summed E-state index contributed by atoms with van der Waals surface area (Å²) in [5.41, 5.74) is 0. The van der Waals surface area contributed by atoms with Crippen LogP contribution in [-0.2, 0) is 14.3 Å². The Morgan fingerprint density at radius 3 is 2.22 bits per heavy atom. The van der Waals surface area contributed by atoms with Crippen LogP contribution in [0.25, 0.3) is 0 Å². The fourth-order valence-corrected chi connectivity index (χ4v) is 1.52. The summed E-state index contributed by atoms with van der Waals surface area (Å²) >= 11 is 0. The Bertz CT molecular complexity index is 281. The van der Waals surface area contributed by atoms with Gasteiger partial charge in [0.1, 0.15) is 24.4 Å². The van der Waals surface area contributed by atoms with E-state index in [0.717, 1.165) is 0 Å². The second kappa shape index (κ2) is 6.38. The van der Waals surface area contributed by atoms with Crippen LogP contribution in [0, 0.1) is 0 Å². The number of aliphatic carboxylic acids is 1. The molecule has 1 fully saturated rings. The highest BCUT2D eigenvalue weighted by Crippen LogP contribution is 2.22. The van der Waals surface area contributed by atoms with Gasteiger partial charge < -0.3 is 40.1 Å². The largest absolute Gasteiger partial charge is 0.479 e. The average Bonchev–Trinajstić information content (AvgIpc) is 2.35. The Balaban J connectivity index is 2.72. The second-order valence-electron chi connectivity index (χ2n) is 3.84. The molecule has 0 bridgehead atoms. The van der Waals surface area contributed by atoms with Crippen molar-refractivity contribution in [2.24, 2.45) is 0 Å². The summed E-state index contributed by atoms with van der Waals surface area (Å²) in [6.07, 6.45) is -9.32. The third-order valence-corrected chi connectivity index (χ3v) is 2.59. The highest BCUT2D eigenvalue weighted by molar-refractivity contribution is 5.72. The quantitative estimate of drug-likeness (QED) is 0.294. The van der Waals surface area contributed by atoms with Gasteiger partial charge in [0.25, 0.3) is 0 Å². The fraction of sp³-hybridized carbons (Fsp3) is 0.889. The molecule has 1 saturated heterocycles. The molecule has 106 valence electrons. The van der Waals surface area contributed by atoms with Crippen molar-refractivity contribution in [3.05, 3.63) is 0 Å². The molecule has 1 aliphatic heterocycles. The highest BCUT2D eigenvalue weighted by Gasteiger charge is 2.45. The van der Waals surface area contributed by atoms with E-state index in [1.54, 1.807) is 0 Å². The minimum absolute atomic E-state index is 0.651. The number of hydrogen-bond donors (Lipinski definition) is 6. The summed E-state index contributed by atoms with van der Waals surface area (Å²) in [5.74, 6) is -1.48. The first kappa shape index (κ1) is 15.2. The van der Waals surface area contributed by atoms with Crippen molar-refractivity contribution in [1.29, 1.82) is 0 Å². The normalized spacial score (nSPS) is 38.4. The zero-order chi connectivity index (χ0) is 13.9. The Labute approximate surface area is 102 Å². The fourth-order valence-electron chi connectivity index (χ4n) is 1.52. The molecule has 0 spiro atoms. The SMILES string of the molecule is O=C(O)[C@@H](CO)O[C@H]1OC(CO)[C@@H](O)C(O)C1O. The van der Waals surface area contributed by atoms with Gasteiger partial charge in [0.15, 0.2) is 12.4 Å². The second-order valence-corrected chi connectivity index (χ2v) is 3.84. The van der Waals surface area contributed by atoms with Gasteiger partial charge >= 0.3 is 5.97 Å². The zero-order valence-electron chi connectivity index (χ0n) is 9.29. The maximum Gasteiger partial charge on any atom is 0.335 e. The molecular formula is C9H16O9. The summed E-state index contributed by atoms with van der Waals surface area (Å²) in [4.78, 5) is 10.6. The summed E-state index contributed by atoms with van der Waals surface area (Å²) in [7, 11) is 0. The average molecular weight is 268 g/mol. The minimum atomic E-state index is -1.70. The van der Waals surface area contributed by atoms with E-state index in [0.29, 0.717) is 0 Å². The smallest absolute Gasteiger partial charge is 0.335 e. The lowest BCUT2D eigenvalue weighted by Gasteiger charge is -2.40. The first-order chi connectivity index (χ1) is 8.42. The van der Waals surface area contributed by atoms with Gasteiger partial charge in [0.2, 0.25) is 0 Å². The van der Waals surface area contributed by atoms with Gasteiger partial charge in [-0.2, -0.15) is 0 Å². The van der Waals surface area contributed by atoms with E-state index >= 15 is 0 Å². The maximum absolute atomic E-state index is 10.6. The zero-order valence-corrected chi connectivity index (χ0v) is 9.29. The monoisotopic (exact) mass is 268 g/mol. The van der Waals surface area contributed by atoms with Crippen molar-refractivity contribution >= 4 is 5.97 Å². The van der Waals surface area contributed by atoms with E-state index in [1.807, 2.05) is 0 Å². The molecule has 0 amide bonds. The van der Waals surface area contributed by atoms with Crippen LogP contribution >= 0.6 is 0 Å². The number of carboxylic acid groups (broad SMARTS) is 1. The Kier molecular flexibility index (Phi) is 5.41. The van der Waals surface area contributed by atoms with E-state index in [-0.39, 0.29) is 0 Å². The number of aliphatic hydroxyl groups is 5. The summed E-state index contributed by atoms with van der Waals surface area (Å²) < 4.78 is 9.67. The van der Waals surface area contributed by atoms with E-state index in [2.05, 4.69) is 0 Å². The number of carboxylic acids is 1. The molecule has 6 N–H and O–H groups in total. The summed E-state index contributed by atoms with van der Waals surface area (Å²) in [6, 6.07) is 0. The van der Waals surface area contributed by atoms with Crippen LogP contribution in [0.15, 0.2) is 0 Å². The van der Waals surface area contributed by atoms with Gasteiger partial charge in [0, 0.05) is 0 Å². The van der Waals surface area contributed by atoms with Crippen LogP contribution in [0.3, 0.4) is 0 Å². The van der Waals surface area contributed by atoms with E-state index in [1.165, 1.54) is 0 Å². The molecule has 0 aliphatic carbocycles. The van der Waals surface area contributed by atoms with Crippen molar-refractivity contribution in [3.63, 3.8) is 0 Å². The standard InChI is InChI=1S/C9H16O9/c10-1-3-5(12)6(13)7(14)9(17-3)18-4(2-11)8(15)16/h3-7,9-14H,1-2H2,(H,15,16)/t3?,4-,5-,6?,7?,9-/m1/s1. The van der Waals surface area contributed by atoms with Crippen molar-refractivity contribution in [3.8, 4) is 0 Å². The Morgan fingerprint density at radius 1 is 1.17 bits per heavy atom. The van der Waals surface area contributed by atoms with E-state index < -0.39 is 56.0 Å². The maximum atomic E-state index is 10.6. The predicted molar refractivity (Wildman–Crippen MR) is 53.4 cm³/mol. The molecule has 1 rings (SSSR count). The molecule has 3 unspecified atom stereocenters. The first-order valence-electron chi connectivity index (χ1n) is 5.22. The number of aliphatic hydroxyl groups excluding tert-OH is 5. The molecular weight excluding hydrogens is 252 g/mol. The third-order valence-electron chi connectivity index (χ3n) is 2.59. The van der Waals surface area contributed by atoms with Crippen molar-refractivity contribution in [1.82, 2.24) is 0 Å². The molecule has 6 atom stereocenters. The Hall–Kier alpha value is -0.810. The molecule has 9 heteroatoms. The van der Waals surface area contributed by atoms with Gasteiger partial charge in [-0.25, -0.2) is 4.79 Å². The lowest BCUT2D eigenvalue weighted by molar-refractivity contribution is -0.311. The highest BCUT2D eigenvalue weighted by atomic mass is 16.7. The van der Waals surface area contributed by atoms with Gasteiger partial charge in [-0.05, 0) is 0 Å². The summed E-state index contributed by atoms with van der Waals surface area (Å²) in [5, 5.41) is 54.7. The minimum Gasteiger partial charge on any atom is -0.479 e. The third kappa shape index (κ3) is 3.14. The van der Waals surface area contributed by atoms with Crippen LogP contribution in [0.1, 0.15) is 0 Å². The van der Waals surface area contributed by atoms with E-state index in [9.17, 15) is 20.1 Å². The van der Waals surface area contributed by atoms with Crippen molar-refractivity contribution in [2.45, 2.75) is 36.8 Å². The molecule has 18 heavy (non-hydrogen) atoms. The van der Waals surface area contributed by atoms with Crippen LogP contribution in [-0.4, -0.2) is 86.6 Å². The molecule has 1 heterocycles. The number of ether oxygens (including phenoxy) is 2. The van der Waals surface area contributed by atoms with Gasteiger partial charge in [-0.1, -0.05) is 0 Å². The lowest BCUT2D eigenvalue weighted by Crippen LogP contribution is -2.60. The molecule has 0 saturated carbocycles. The molecule has 0 aromatic heterocycles. The van der Waals surface area contributed by atoms with Crippen LogP contribution in [0.2, 0.25) is 0 Å². The molecule has 1 aliphatic rings. The van der Waals surface area contributed by atoms with Gasteiger partial charge in [-0.15, -0.1) is 0 Å². The van der Waals surface area contributed by atoms with Crippen molar-refractivity contribution in [2.75, 3.05) is 13.2 Å². The first-order valence-corrected chi connectivity index (χ1v) is 5.22. The predicted octanol–water partition coefficient (Wildman–Crippen LogP) is -3.75. The number of rotatable bonds is 5. The topological polar surface area (TPSA) is 157 Å². The number of carbonyl (C=O) groups is 1. The molecule has 0 radical (unpaired) electrons. The van der Waals surface area contributed by atoms with Crippen molar-refractivity contribution < 1.29 is 44.9 Å². The van der Waals surface area contributed by atoms with Crippen LogP contribution < -0.4 is 0 Å².